The molecular formula is C32H32F2N2O4. The highest BCUT2D eigenvalue weighted by Gasteiger charge is 2.20. The van der Waals surface area contributed by atoms with Gasteiger partial charge < -0.3 is 9.47 Å². The molecule has 0 fully saturated rings. The second-order valence-electron chi connectivity index (χ2n) is 9.36. The maximum Gasteiger partial charge on any atom is 0.305 e. The maximum atomic E-state index is 13.6. The van der Waals surface area contributed by atoms with Crippen molar-refractivity contribution in [2.75, 3.05) is 13.2 Å². The van der Waals surface area contributed by atoms with Crippen molar-refractivity contribution < 1.29 is 23.0 Å². The van der Waals surface area contributed by atoms with Gasteiger partial charge in [-0.15, -0.1) is 0 Å². The van der Waals surface area contributed by atoms with Crippen LogP contribution in [0.5, 0.6) is 5.75 Å². The van der Waals surface area contributed by atoms with Crippen LogP contribution in [-0.4, -0.2) is 29.0 Å². The van der Waals surface area contributed by atoms with E-state index in [4.69, 9.17) is 9.47 Å². The van der Waals surface area contributed by atoms with Crippen LogP contribution in [0, 0.1) is 11.6 Å². The zero-order chi connectivity index (χ0) is 28.3. The summed E-state index contributed by atoms with van der Waals surface area (Å²) in [7, 11) is 0. The first-order valence-electron chi connectivity index (χ1n) is 13.4. The second-order valence-corrected chi connectivity index (χ2v) is 9.36. The van der Waals surface area contributed by atoms with E-state index < -0.39 is 5.92 Å². The molecular weight excluding hydrogens is 514 g/mol. The summed E-state index contributed by atoms with van der Waals surface area (Å²) in [4.78, 5) is 24.1. The molecule has 8 heteroatoms. The van der Waals surface area contributed by atoms with Crippen LogP contribution in [0.25, 0.3) is 0 Å². The fourth-order valence-corrected chi connectivity index (χ4v) is 4.49. The number of ether oxygens (including phenoxy) is 2. The van der Waals surface area contributed by atoms with E-state index >= 15 is 0 Å². The number of carbonyl (C=O) groups is 1. The molecule has 0 saturated heterocycles. The molecule has 3 aromatic carbocycles. The molecule has 0 aliphatic rings. The lowest BCUT2D eigenvalue weighted by Crippen LogP contribution is -2.24. The van der Waals surface area contributed by atoms with Gasteiger partial charge in [-0.05, 0) is 85.3 Å². The van der Waals surface area contributed by atoms with Crippen LogP contribution < -0.4 is 10.3 Å². The van der Waals surface area contributed by atoms with E-state index in [1.165, 1.54) is 35.0 Å². The average molecular weight is 547 g/mol. The average Bonchev–Trinajstić information content (AvgIpc) is 2.95. The van der Waals surface area contributed by atoms with Crippen LogP contribution in [0.4, 0.5) is 8.78 Å². The highest BCUT2D eigenvalue weighted by molar-refractivity contribution is 5.69. The lowest BCUT2D eigenvalue weighted by Gasteiger charge is -2.19. The largest absolute Gasteiger partial charge is 0.494 e. The van der Waals surface area contributed by atoms with Crippen molar-refractivity contribution in [2.24, 2.45) is 0 Å². The molecule has 0 amide bonds. The Morgan fingerprint density at radius 1 is 0.900 bits per heavy atom. The Morgan fingerprint density at radius 2 is 1.57 bits per heavy atom. The number of esters is 1. The van der Waals surface area contributed by atoms with Gasteiger partial charge in [0.05, 0.1) is 24.8 Å². The minimum atomic E-state index is -0.397. The predicted octanol–water partition coefficient (Wildman–Crippen LogP) is 6.06. The maximum absolute atomic E-state index is 13.6. The molecule has 0 aliphatic heterocycles. The molecule has 0 N–H and O–H groups in total. The molecule has 4 aromatic rings. The molecule has 0 aliphatic carbocycles. The van der Waals surface area contributed by atoms with Gasteiger partial charge in [0.1, 0.15) is 17.4 Å². The monoisotopic (exact) mass is 546 g/mol. The van der Waals surface area contributed by atoms with Crippen molar-refractivity contribution in [1.82, 2.24) is 9.78 Å². The fourth-order valence-electron chi connectivity index (χ4n) is 4.49. The summed E-state index contributed by atoms with van der Waals surface area (Å²) in [6.07, 6.45) is 2.26. The van der Waals surface area contributed by atoms with Crippen LogP contribution in [0.1, 0.15) is 54.5 Å². The van der Waals surface area contributed by atoms with Crippen LogP contribution in [-0.2, 0) is 22.5 Å². The Kier molecular flexibility index (Phi) is 10.2. The topological polar surface area (TPSA) is 70.4 Å². The molecule has 0 bridgehead atoms. The third-order valence-electron chi connectivity index (χ3n) is 6.42. The summed E-state index contributed by atoms with van der Waals surface area (Å²) in [5.74, 6) is -0.614. The number of halogens is 2. The number of aromatic nitrogens is 2. The van der Waals surface area contributed by atoms with E-state index in [9.17, 15) is 18.4 Å². The summed E-state index contributed by atoms with van der Waals surface area (Å²) in [5.41, 5.74) is 3.01. The van der Waals surface area contributed by atoms with E-state index in [1.54, 1.807) is 37.3 Å². The Labute approximate surface area is 232 Å². The molecule has 0 atom stereocenters. The molecule has 0 spiro atoms. The van der Waals surface area contributed by atoms with Crippen molar-refractivity contribution >= 4 is 5.97 Å². The third kappa shape index (κ3) is 8.09. The van der Waals surface area contributed by atoms with Crippen molar-refractivity contribution in [3.63, 3.8) is 0 Å². The van der Waals surface area contributed by atoms with Crippen molar-refractivity contribution in [3.8, 4) is 5.75 Å². The van der Waals surface area contributed by atoms with Crippen LogP contribution in [0.15, 0.2) is 89.7 Å². The van der Waals surface area contributed by atoms with Gasteiger partial charge in [0.15, 0.2) is 0 Å². The molecule has 1 aromatic heterocycles. The normalized spacial score (nSPS) is 11.0. The zero-order valence-electron chi connectivity index (χ0n) is 22.4. The van der Waals surface area contributed by atoms with Crippen LogP contribution >= 0.6 is 0 Å². The van der Waals surface area contributed by atoms with Crippen molar-refractivity contribution in [2.45, 2.75) is 45.1 Å². The number of aryl methyl sites for hydroxylation is 2. The molecule has 6 nitrogen and oxygen atoms in total. The highest BCUT2D eigenvalue weighted by atomic mass is 19.1. The van der Waals surface area contributed by atoms with E-state index in [0.29, 0.717) is 51.1 Å². The Morgan fingerprint density at radius 3 is 2.23 bits per heavy atom. The van der Waals surface area contributed by atoms with E-state index in [0.717, 1.165) is 22.4 Å². The zero-order valence-corrected chi connectivity index (χ0v) is 22.4. The molecule has 1 heterocycles. The van der Waals surface area contributed by atoms with Gasteiger partial charge in [0.2, 0.25) is 0 Å². The molecule has 0 saturated carbocycles. The molecule has 4 rings (SSSR count). The Balaban J connectivity index is 1.42. The molecule has 0 radical (unpaired) electrons. The van der Waals surface area contributed by atoms with Gasteiger partial charge in [-0.1, -0.05) is 36.4 Å². The van der Waals surface area contributed by atoms with E-state index in [-0.39, 0.29) is 23.2 Å². The van der Waals surface area contributed by atoms with E-state index in [2.05, 4.69) is 5.10 Å². The van der Waals surface area contributed by atoms with Gasteiger partial charge >= 0.3 is 5.97 Å². The van der Waals surface area contributed by atoms with Crippen molar-refractivity contribution in [3.05, 3.63) is 129 Å². The van der Waals surface area contributed by atoms with Crippen molar-refractivity contribution in [1.29, 1.82) is 0 Å². The molecule has 40 heavy (non-hydrogen) atoms. The fraction of sp³-hybridized carbons (Fsp3) is 0.281. The van der Waals surface area contributed by atoms with Gasteiger partial charge in [0.25, 0.3) is 5.56 Å². The third-order valence-corrected chi connectivity index (χ3v) is 6.42. The first-order valence-corrected chi connectivity index (χ1v) is 13.4. The standard InChI is InChI=1S/C32H32F2N2O4/c1-2-39-31(38)9-5-21-40-28-8-3-6-23(22-28)7-4-20-36-30(37)19-18-29(35-36)32(24-10-14-26(33)15-11-24)25-12-16-27(34)17-13-25/h3,6,8,10-19,22,32H,2,4-5,7,9,20-21H2,1H3. The second kappa shape index (κ2) is 14.2. The number of rotatable bonds is 13. The summed E-state index contributed by atoms with van der Waals surface area (Å²) < 4.78 is 39.4. The van der Waals surface area contributed by atoms with Crippen LogP contribution in [0.3, 0.4) is 0 Å². The smallest absolute Gasteiger partial charge is 0.305 e. The lowest BCUT2D eigenvalue weighted by atomic mass is 9.88. The lowest BCUT2D eigenvalue weighted by molar-refractivity contribution is -0.143. The highest BCUT2D eigenvalue weighted by Crippen LogP contribution is 2.30. The van der Waals surface area contributed by atoms with Gasteiger partial charge in [-0.3, -0.25) is 9.59 Å². The quantitative estimate of drug-likeness (QED) is 0.151. The predicted molar refractivity (Wildman–Crippen MR) is 148 cm³/mol. The Bertz CT molecular complexity index is 1410. The minimum Gasteiger partial charge on any atom is -0.494 e. The summed E-state index contributed by atoms with van der Waals surface area (Å²) >= 11 is 0. The first-order chi connectivity index (χ1) is 19.4. The number of hydrogen-bond donors (Lipinski definition) is 0. The number of nitrogens with zero attached hydrogens (tertiary/aromatic N) is 2. The minimum absolute atomic E-state index is 0.223. The van der Waals surface area contributed by atoms with Gasteiger partial charge in [0, 0.05) is 19.0 Å². The van der Waals surface area contributed by atoms with Gasteiger partial charge in [-0.2, -0.15) is 5.10 Å². The SMILES string of the molecule is CCOC(=O)CCCOc1cccc(CCCn2nc(C(c3ccc(F)cc3)c3ccc(F)cc3)ccc2=O)c1. The summed E-state index contributed by atoms with van der Waals surface area (Å²) in [6.45, 7) is 2.97. The summed E-state index contributed by atoms with van der Waals surface area (Å²) in [5, 5.41) is 4.65. The molecule has 208 valence electrons. The number of hydrogen-bond acceptors (Lipinski definition) is 5. The Hall–Kier alpha value is -4.33. The van der Waals surface area contributed by atoms with Gasteiger partial charge in [-0.25, -0.2) is 13.5 Å². The van der Waals surface area contributed by atoms with E-state index in [1.807, 2.05) is 24.3 Å². The number of carbonyl (C=O) groups excluding carboxylic acids is 1. The van der Waals surface area contributed by atoms with Crippen LogP contribution in [0.2, 0.25) is 0 Å². The summed E-state index contributed by atoms with van der Waals surface area (Å²) in [6, 6.07) is 23.1. The molecule has 0 unspecified atom stereocenters. The number of benzene rings is 3. The first kappa shape index (κ1) is 28.7.